The molecule has 3 aromatic carbocycles. The van der Waals surface area contributed by atoms with Crippen LogP contribution in [0.4, 0.5) is 35.4 Å². The summed E-state index contributed by atoms with van der Waals surface area (Å²) in [6, 6.07) is 19.7. The minimum atomic E-state index is -4.50. The van der Waals surface area contributed by atoms with E-state index in [-0.39, 0.29) is 5.56 Å². The number of rotatable bonds is 7. The zero-order valence-electron chi connectivity index (χ0n) is 20.8. The van der Waals surface area contributed by atoms with E-state index < -0.39 is 17.6 Å². The molecule has 1 amide bonds. The number of halogens is 3. The molecule has 0 atom stereocenters. The molecule has 200 valence electrons. The number of benzene rings is 3. The zero-order chi connectivity index (χ0) is 27.2. The number of alkyl halides is 3. The van der Waals surface area contributed by atoms with Crippen LogP contribution in [0.5, 0.6) is 0 Å². The molecule has 1 fully saturated rings. The number of anilines is 4. The summed E-state index contributed by atoms with van der Waals surface area (Å²) < 4.78 is 38.8. The smallest absolute Gasteiger partial charge is 0.369 e. The fourth-order valence-corrected chi connectivity index (χ4v) is 4.88. The van der Waals surface area contributed by atoms with Crippen molar-refractivity contribution in [3.05, 3.63) is 101 Å². The summed E-state index contributed by atoms with van der Waals surface area (Å²) >= 11 is 1.53. The third-order valence-corrected chi connectivity index (χ3v) is 7.04. The number of nitrogens with one attached hydrogen (secondary N) is 3. The van der Waals surface area contributed by atoms with Crippen molar-refractivity contribution in [2.75, 3.05) is 41.7 Å². The first-order valence-electron chi connectivity index (χ1n) is 12.4. The average Bonchev–Trinajstić information content (AvgIpc) is 3.40. The van der Waals surface area contributed by atoms with E-state index in [2.05, 4.69) is 38.0 Å². The van der Waals surface area contributed by atoms with Gasteiger partial charge in [0.05, 0.1) is 5.56 Å². The van der Waals surface area contributed by atoms with Crippen molar-refractivity contribution in [2.45, 2.75) is 6.18 Å². The fourth-order valence-electron chi connectivity index (χ4n) is 4.14. The second kappa shape index (κ2) is 11.7. The summed E-state index contributed by atoms with van der Waals surface area (Å²) in [5, 5.41) is 10.2. The molecular formula is C29H26F3N5OS. The molecule has 6 nitrogen and oxygen atoms in total. The Morgan fingerprint density at radius 3 is 2.49 bits per heavy atom. The zero-order valence-corrected chi connectivity index (χ0v) is 21.6. The summed E-state index contributed by atoms with van der Waals surface area (Å²) in [5.41, 5.74) is 2.65. The van der Waals surface area contributed by atoms with Gasteiger partial charge >= 0.3 is 6.18 Å². The Labute approximate surface area is 228 Å². The number of hydrogen-bond donors (Lipinski definition) is 3. The van der Waals surface area contributed by atoms with Gasteiger partial charge in [0.25, 0.3) is 5.91 Å². The molecular weight excluding hydrogens is 523 g/mol. The minimum absolute atomic E-state index is 0.0565. The molecule has 3 N–H and O–H groups in total. The van der Waals surface area contributed by atoms with E-state index in [0.29, 0.717) is 5.69 Å². The van der Waals surface area contributed by atoms with Crippen LogP contribution in [0.1, 0.15) is 26.4 Å². The van der Waals surface area contributed by atoms with E-state index in [4.69, 9.17) is 0 Å². The van der Waals surface area contributed by atoms with Gasteiger partial charge in [0, 0.05) is 59.9 Å². The van der Waals surface area contributed by atoms with E-state index in [1.807, 2.05) is 36.4 Å². The molecule has 5 rings (SSSR count). The highest BCUT2D eigenvalue weighted by Crippen LogP contribution is 2.30. The van der Waals surface area contributed by atoms with Crippen LogP contribution in [-0.4, -0.2) is 37.1 Å². The van der Waals surface area contributed by atoms with E-state index in [1.165, 1.54) is 29.2 Å². The van der Waals surface area contributed by atoms with Gasteiger partial charge in [-0.25, -0.2) is 4.98 Å². The number of thiazole rings is 1. The number of carbonyl (C=O) groups is 1. The average molecular weight is 550 g/mol. The van der Waals surface area contributed by atoms with E-state index >= 15 is 0 Å². The second-order valence-corrected chi connectivity index (χ2v) is 10.0. The van der Waals surface area contributed by atoms with Crippen LogP contribution < -0.4 is 20.9 Å². The Hall–Kier alpha value is -4.15. The number of carbonyl (C=O) groups excluding carboxylic acids is 1. The van der Waals surface area contributed by atoms with Crippen molar-refractivity contribution in [1.29, 1.82) is 0 Å². The third kappa shape index (κ3) is 7.04. The molecule has 1 aromatic heterocycles. The standard InChI is InChI=1S/C29H26F3N5OS/c30-29(31,32)22-4-1-3-21(17-22)27(38)35-23-10-7-20(8-11-23)9-12-26-19-34-28(39-26)36-24-5-2-6-25(18-24)37-15-13-33-14-16-37/h1-12,17-19,33H,13-16H2,(H,34,36)(H,35,38)/b12-9+. The van der Waals surface area contributed by atoms with Crippen LogP contribution in [0.3, 0.4) is 0 Å². The van der Waals surface area contributed by atoms with Gasteiger partial charge in [0.1, 0.15) is 0 Å². The predicted molar refractivity (Wildman–Crippen MR) is 152 cm³/mol. The van der Waals surface area contributed by atoms with Crippen LogP contribution in [0.2, 0.25) is 0 Å². The lowest BCUT2D eigenvalue weighted by molar-refractivity contribution is -0.137. The maximum atomic E-state index is 12.9. The molecule has 0 bridgehead atoms. The van der Waals surface area contributed by atoms with Crippen molar-refractivity contribution >= 4 is 51.6 Å². The van der Waals surface area contributed by atoms with Gasteiger partial charge in [0.2, 0.25) is 0 Å². The first kappa shape index (κ1) is 26.5. The van der Waals surface area contributed by atoms with Gasteiger partial charge in [-0.15, -0.1) is 0 Å². The minimum Gasteiger partial charge on any atom is -0.369 e. The normalized spacial score (nSPS) is 14.0. The second-order valence-electron chi connectivity index (χ2n) is 8.97. The Bertz CT molecular complexity index is 1460. The molecule has 0 saturated carbocycles. The van der Waals surface area contributed by atoms with Crippen LogP contribution in [0, 0.1) is 0 Å². The van der Waals surface area contributed by atoms with Crippen molar-refractivity contribution in [1.82, 2.24) is 10.3 Å². The van der Waals surface area contributed by atoms with E-state index in [0.717, 1.165) is 59.6 Å². The van der Waals surface area contributed by atoms with Crippen LogP contribution in [0.25, 0.3) is 12.2 Å². The summed E-state index contributed by atoms with van der Waals surface area (Å²) in [5.74, 6) is -0.604. The van der Waals surface area contributed by atoms with E-state index in [1.54, 1.807) is 18.3 Å². The monoisotopic (exact) mass is 549 g/mol. The number of aromatic nitrogens is 1. The lowest BCUT2D eigenvalue weighted by atomic mass is 10.1. The summed E-state index contributed by atoms with van der Waals surface area (Å²) in [6.07, 6.45) is 1.18. The largest absolute Gasteiger partial charge is 0.416 e. The third-order valence-electron chi connectivity index (χ3n) is 6.16. The van der Waals surface area contributed by atoms with Crippen molar-refractivity contribution in [3.63, 3.8) is 0 Å². The molecule has 1 saturated heterocycles. The lowest BCUT2D eigenvalue weighted by Crippen LogP contribution is -2.43. The molecule has 10 heteroatoms. The number of piperazine rings is 1. The lowest BCUT2D eigenvalue weighted by Gasteiger charge is -2.29. The molecule has 0 aliphatic carbocycles. The Kier molecular flexibility index (Phi) is 7.94. The summed E-state index contributed by atoms with van der Waals surface area (Å²) in [4.78, 5) is 20.2. The fraction of sp³-hybridized carbons (Fsp3) is 0.172. The van der Waals surface area contributed by atoms with Gasteiger partial charge in [0.15, 0.2) is 5.13 Å². The van der Waals surface area contributed by atoms with E-state index in [9.17, 15) is 18.0 Å². The highest BCUT2D eigenvalue weighted by Gasteiger charge is 2.30. The maximum Gasteiger partial charge on any atom is 0.416 e. The molecule has 0 radical (unpaired) electrons. The molecule has 0 spiro atoms. The van der Waals surface area contributed by atoms with Crippen LogP contribution in [0.15, 0.2) is 79.0 Å². The number of hydrogen-bond acceptors (Lipinski definition) is 6. The van der Waals surface area contributed by atoms with Gasteiger partial charge in [-0.2, -0.15) is 13.2 Å². The van der Waals surface area contributed by atoms with Crippen LogP contribution in [-0.2, 0) is 6.18 Å². The number of nitrogens with zero attached hydrogens (tertiary/aromatic N) is 2. The van der Waals surface area contributed by atoms with Gasteiger partial charge in [-0.1, -0.05) is 41.7 Å². The molecule has 2 heterocycles. The summed E-state index contributed by atoms with van der Waals surface area (Å²) in [6.45, 7) is 3.94. The maximum absolute atomic E-state index is 12.9. The molecule has 0 unspecified atom stereocenters. The first-order valence-corrected chi connectivity index (χ1v) is 13.2. The topological polar surface area (TPSA) is 69.3 Å². The highest BCUT2D eigenvalue weighted by molar-refractivity contribution is 7.16. The van der Waals surface area contributed by atoms with Gasteiger partial charge in [-0.05, 0) is 60.2 Å². The van der Waals surface area contributed by atoms with Crippen LogP contribution >= 0.6 is 11.3 Å². The van der Waals surface area contributed by atoms with Crippen molar-refractivity contribution in [3.8, 4) is 0 Å². The Morgan fingerprint density at radius 2 is 1.72 bits per heavy atom. The quantitative estimate of drug-likeness (QED) is 0.238. The summed E-state index contributed by atoms with van der Waals surface area (Å²) in [7, 11) is 0. The molecule has 1 aliphatic heterocycles. The highest BCUT2D eigenvalue weighted by atomic mass is 32.1. The van der Waals surface area contributed by atoms with Crippen molar-refractivity contribution in [2.24, 2.45) is 0 Å². The first-order chi connectivity index (χ1) is 18.8. The van der Waals surface area contributed by atoms with Gasteiger partial charge in [-0.3, -0.25) is 4.79 Å². The predicted octanol–water partition coefficient (Wildman–Crippen LogP) is 6.74. The number of amides is 1. The Balaban J connectivity index is 1.17. The SMILES string of the molecule is O=C(Nc1ccc(/C=C/c2cnc(Nc3cccc(N4CCNCC4)c3)s2)cc1)c1cccc(C(F)(F)F)c1. The molecule has 4 aromatic rings. The Morgan fingerprint density at radius 1 is 0.949 bits per heavy atom. The van der Waals surface area contributed by atoms with Gasteiger partial charge < -0.3 is 20.9 Å². The van der Waals surface area contributed by atoms with Crippen molar-refractivity contribution < 1.29 is 18.0 Å². The molecule has 1 aliphatic rings. The molecule has 39 heavy (non-hydrogen) atoms.